The van der Waals surface area contributed by atoms with Gasteiger partial charge in [0.05, 0.1) is 10.6 Å². The highest BCUT2D eigenvalue weighted by Crippen LogP contribution is 2.01. The van der Waals surface area contributed by atoms with E-state index in [4.69, 9.17) is 11.6 Å². The summed E-state index contributed by atoms with van der Waals surface area (Å²) in [5.74, 6) is -0.266. The third-order valence-electron chi connectivity index (χ3n) is 1.46. The standard InChI is InChI=1S/C9H7ClO2/c1-6(11)7-4-2-3-5-8(10)9(7)12/h2-5H,1H3. The number of Topliss-reactive ketones (excluding diaryl/α,β-unsaturated/α-hetero) is 1. The van der Waals surface area contributed by atoms with Crippen molar-refractivity contribution < 1.29 is 4.79 Å². The first-order chi connectivity index (χ1) is 5.63. The van der Waals surface area contributed by atoms with Gasteiger partial charge >= 0.3 is 0 Å². The Hall–Kier alpha value is -1.15. The fraction of sp³-hybridized carbons (Fsp3) is 0.111. The highest BCUT2D eigenvalue weighted by Gasteiger charge is 2.04. The molecule has 0 saturated heterocycles. The lowest BCUT2D eigenvalue weighted by molar-refractivity contribution is 0.101. The van der Waals surface area contributed by atoms with Gasteiger partial charge < -0.3 is 0 Å². The zero-order valence-corrected chi connectivity index (χ0v) is 7.26. The van der Waals surface area contributed by atoms with Crippen LogP contribution >= 0.6 is 11.6 Å². The molecule has 1 rings (SSSR count). The van der Waals surface area contributed by atoms with Crippen molar-refractivity contribution in [3.8, 4) is 0 Å². The number of halogens is 1. The van der Waals surface area contributed by atoms with Crippen molar-refractivity contribution in [2.45, 2.75) is 6.92 Å². The van der Waals surface area contributed by atoms with E-state index in [0.717, 1.165) is 0 Å². The third kappa shape index (κ3) is 1.71. The van der Waals surface area contributed by atoms with Gasteiger partial charge in [0.25, 0.3) is 0 Å². The maximum Gasteiger partial charge on any atom is 0.207 e. The predicted octanol–water partition coefficient (Wildman–Crippen LogP) is 1.90. The molecule has 0 aliphatic carbocycles. The Balaban J connectivity index is 3.53. The van der Waals surface area contributed by atoms with Gasteiger partial charge in [0.15, 0.2) is 5.78 Å². The second-order valence-corrected chi connectivity index (χ2v) is 2.77. The van der Waals surface area contributed by atoms with Gasteiger partial charge in [-0.3, -0.25) is 9.59 Å². The number of rotatable bonds is 1. The van der Waals surface area contributed by atoms with E-state index in [9.17, 15) is 9.59 Å². The molecule has 1 aromatic carbocycles. The monoisotopic (exact) mass is 182 g/mol. The first-order valence-corrected chi connectivity index (χ1v) is 3.80. The highest BCUT2D eigenvalue weighted by atomic mass is 35.5. The van der Waals surface area contributed by atoms with E-state index < -0.39 is 5.43 Å². The number of carbonyl (C=O) groups excluding carboxylic acids is 1. The van der Waals surface area contributed by atoms with Crippen LogP contribution in [0.3, 0.4) is 0 Å². The molecular formula is C9H7ClO2. The van der Waals surface area contributed by atoms with Crippen LogP contribution in [0.2, 0.25) is 5.02 Å². The van der Waals surface area contributed by atoms with E-state index in [1.54, 1.807) is 12.1 Å². The van der Waals surface area contributed by atoms with Crippen LogP contribution in [0.25, 0.3) is 0 Å². The topological polar surface area (TPSA) is 34.1 Å². The van der Waals surface area contributed by atoms with Crippen molar-refractivity contribution in [1.29, 1.82) is 0 Å². The zero-order valence-electron chi connectivity index (χ0n) is 6.50. The summed E-state index contributed by atoms with van der Waals surface area (Å²) in [7, 11) is 0. The van der Waals surface area contributed by atoms with Gasteiger partial charge in [-0.15, -0.1) is 0 Å². The van der Waals surface area contributed by atoms with Crippen LogP contribution in [0.5, 0.6) is 0 Å². The van der Waals surface area contributed by atoms with E-state index in [2.05, 4.69) is 0 Å². The van der Waals surface area contributed by atoms with Crippen molar-refractivity contribution in [2.24, 2.45) is 0 Å². The Kier molecular flexibility index (Phi) is 2.61. The van der Waals surface area contributed by atoms with Crippen molar-refractivity contribution in [3.05, 3.63) is 45.1 Å². The Bertz CT molecular complexity index is 371. The molecule has 0 spiro atoms. The summed E-state index contributed by atoms with van der Waals surface area (Å²) in [4.78, 5) is 22.2. The second-order valence-electron chi connectivity index (χ2n) is 2.37. The number of carbonyl (C=O) groups is 1. The second kappa shape index (κ2) is 3.50. The Morgan fingerprint density at radius 2 is 1.92 bits per heavy atom. The molecule has 0 heterocycles. The van der Waals surface area contributed by atoms with Crippen molar-refractivity contribution >= 4 is 17.4 Å². The van der Waals surface area contributed by atoms with Crippen LogP contribution in [-0.2, 0) is 0 Å². The molecular weight excluding hydrogens is 176 g/mol. The lowest BCUT2D eigenvalue weighted by Crippen LogP contribution is -2.09. The van der Waals surface area contributed by atoms with Crippen LogP contribution in [0.15, 0.2) is 29.1 Å². The van der Waals surface area contributed by atoms with Crippen LogP contribution in [0, 0.1) is 0 Å². The van der Waals surface area contributed by atoms with Crippen LogP contribution in [0.4, 0.5) is 0 Å². The summed E-state index contributed by atoms with van der Waals surface area (Å²) < 4.78 is 0. The summed E-state index contributed by atoms with van der Waals surface area (Å²) in [6.45, 7) is 1.34. The van der Waals surface area contributed by atoms with Crippen molar-refractivity contribution in [1.82, 2.24) is 0 Å². The van der Waals surface area contributed by atoms with E-state index in [1.807, 2.05) is 0 Å². The molecule has 0 aliphatic rings. The molecule has 0 aliphatic heterocycles. The predicted molar refractivity (Wildman–Crippen MR) is 47.7 cm³/mol. The first-order valence-electron chi connectivity index (χ1n) is 3.42. The Morgan fingerprint density at radius 1 is 1.33 bits per heavy atom. The molecule has 0 amide bonds. The molecule has 0 atom stereocenters. The minimum atomic E-state index is -0.408. The molecule has 62 valence electrons. The lowest BCUT2D eigenvalue weighted by Gasteiger charge is -1.86. The van der Waals surface area contributed by atoms with E-state index in [1.165, 1.54) is 19.1 Å². The summed E-state index contributed by atoms with van der Waals surface area (Å²) in [5, 5.41) is 0.0743. The number of ketones is 1. The Morgan fingerprint density at radius 3 is 2.50 bits per heavy atom. The molecule has 0 N–H and O–H groups in total. The van der Waals surface area contributed by atoms with E-state index >= 15 is 0 Å². The molecule has 0 saturated carbocycles. The van der Waals surface area contributed by atoms with Gasteiger partial charge in [0.1, 0.15) is 0 Å². The van der Waals surface area contributed by atoms with Crippen molar-refractivity contribution in [3.63, 3.8) is 0 Å². The zero-order chi connectivity index (χ0) is 9.14. The summed E-state index contributed by atoms with van der Waals surface area (Å²) in [6.07, 6.45) is 0. The molecule has 0 aromatic heterocycles. The van der Waals surface area contributed by atoms with Gasteiger partial charge in [0.2, 0.25) is 5.43 Å². The van der Waals surface area contributed by atoms with Gasteiger partial charge in [-0.1, -0.05) is 23.7 Å². The van der Waals surface area contributed by atoms with Crippen molar-refractivity contribution in [2.75, 3.05) is 0 Å². The third-order valence-corrected chi connectivity index (χ3v) is 1.76. The van der Waals surface area contributed by atoms with Crippen LogP contribution in [0.1, 0.15) is 17.3 Å². The smallest absolute Gasteiger partial charge is 0.207 e. The normalized spacial score (nSPS) is 9.50. The number of hydrogen-bond donors (Lipinski definition) is 0. The molecule has 2 nitrogen and oxygen atoms in total. The SMILES string of the molecule is CC(=O)c1ccccc(Cl)c1=O. The van der Waals surface area contributed by atoms with Crippen LogP contribution in [-0.4, -0.2) is 5.78 Å². The quantitative estimate of drug-likeness (QED) is 0.622. The summed E-state index contributed by atoms with van der Waals surface area (Å²) in [5.41, 5.74) is -0.279. The summed E-state index contributed by atoms with van der Waals surface area (Å²) >= 11 is 5.58. The first kappa shape index (κ1) is 8.94. The van der Waals surface area contributed by atoms with Gasteiger partial charge in [0, 0.05) is 0 Å². The summed E-state index contributed by atoms with van der Waals surface area (Å²) in [6, 6.07) is 6.17. The van der Waals surface area contributed by atoms with Crippen LogP contribution < -0.4 is 5.43 Å². The molecule has 3 heteroatoms. The minimum absolute atomic E-state index is 0.0743. The van der Waals surface area contributed by atoms with E-state index in [0.29, 0.717) is 0 Å². The maximum absolute atomic E-state index is 11.3. The highest BCUT2D eigenvalue weighted by molar-refractivity contribution is 6.30. The largest absolute Gasteiger partial charge is 0.294 e. The number of hydrogen-bond acceptors (Lipinski definition) is 2. The molecule has 0 fully saturated rings. The molecule has 0 radical (unpaired) electrons. The molecule has 0 unspecified atom stereocenters. The van der Waals surface area contributed by atoms with E-state index in [-0.39, 0.29) is 16.4 Å². The minimum Gasteiger partial charge on any atom is -0.294 e. The maximum atomic E-state index is 11.3. The molecule has 12 heavy (non-hydrogen) atoms. The fourth-order valence-electron chi connectivity index (χ4n) is 0.849. The van der Waals surface area contributed by atoms with Gasteiger partial charge in [-0.25, -0.2) is 0 Å². The fourth-order valence-corrected chi connectivity index (χ4v) is 1.02. The molecule has 1 aromatic rings. The average molecular weight is 183 g/mol. The Labute approximate surface area is 74.8 Å². The molecule has 0 bridgehead atoms. The average Bonchev–Trinajstić information content (AvgIpc) is 2.15. The van der Waals surface area contributed by atoms with Gasteiger partial charge in [-0.2, -0.15) is 0 Å². The van der Waals surface area contributed by atoms with Gasteiger partial charge in [-0.05, 0) is 19.1 Å². The lowest BCUT2D eigenvalue weighted by atomic mass is 10.2.